The number of piperazine rings is 1. The number of amides is 6. The Bertz CT molecular complexity index is 2870. The monoisotopic (exact) mass is 1130 g/mol. The smallest absolute Gasteiger partial charge is 0.327 e. The summed E-state index contributed by atoms with van der Waals surface area (Å²) < 4.78 is 16.3. The Morgan fingerprint density at radius 3 is 2.19 bits per heavy atom. The third-order valence-corrected chi connectivity index (χ3v) is 15.2. The van der Waals surface area contributed by atoms with Gasteiger partial charge in [-0.15, -0.1) is 11.3 Å². The van der Waals surface area contributed by atoms with Gasteiger partial charge in [-0.05, 0) is 54.7 Å². The van der Waals surface area contributed by atoms with E-state index in [4.69, 9.17) is 37.4 Å². The summed E-state index contributed by atoms with van der Waals surface area (Å²) >= 11 is 14.5. The molecule has 5 aromatic rings. The van der Waals surface area contributed by atoms with Gasteiger partial charge in [0.1, 0.15) is 51.6 Å². The molecule has 2 fully saturated rings. The first-order valence-electron chi connectivity index (χ1n) is 25.5. The van der Waals surface area contributed by atoms with Crippen LogP contribution in [0.1, 0.15) is 57.8 Å². The van der Waals surface area contributed by atoms with Gasteiger partial charge in [-0.1, -0.05) is 68.2 Å². The zero-order valence-corrected chi connectivity index (χ0v) is 47.4. The molecule has 0 aliphatic carbocycles. The van der Waals surface area contributed by atoms with Gasteiger partial charge in [0, 0.05) is 82.7 Å². The summed E-state index contributed by atoms with van der Waals surface area (Å²) in [6.45, 7) is 12.8. The number of methoxy groups -OCH3 is 2. The summed E-state index contributed by atoms with van der Waals surface area (Å²) in [7, 11) is 4.42. The van der Waals surface area contributed by atoms with Gasteiger partial charge < -0.3 is 55.7 Å². The minimum absolute atomic E-state index is 0.0258. The molecule has 0 bridgehead atoms. The third kappa shape index (κ3) is 15.0. The van der Waals surface area contributed by atoms with Crippen molar-refractivity contribution in [2.75, 3.05) is 101 Å². The fourth-order valence-corrected chi connectivity index (χ4v) is 10.4. The van der Waals surface area contributed by atoms with Crippen LogP contribution in [0.15, 0.2) is 72.5 Å². The highest BCUT2D eigenvalue weighted by atomic mass is 35.5. The number of nitrogens with zero attached hydrogens (tertiary/aromatic N) is 7. The Balaban J connectivity index is 0.788. The lowest BCUT2D eigenvalue weighted by Crippen LogP contribution is -2.58. The molecule has 3 aromatic carbocycles. The number of hydrogen-bond donors (Lipinski definition) is 6. The van der Waals surface area contributed by atoms with Gasteiger partial charge in [-0.25, -0.2) is 19.7 Å². The number of hydrogen-bond acceptors (Lipinski definition) is 16. The van der Waals surface area contributed by atoms with Crippen molar-refractivity contribution < 1.29 is 43.3 Å². The number of aliphatic hydroxyl groups excluding tert-OH is 1. The molecule has 78 heavy (non-hydrogen) atoms. The summed E-state index contributed by atoms with van der Waals surface area (Å²) in [4.78, 5) is 88.1. The topological polar surface area (TPSA) is 245 Å². The van der Waals surface area contributed by atoms with E-state index >= 15 is 0 Å². The second kappa shape index (κ2) is 26.7. The minimum Gasteiger partial charge on any atom is -0.495 e. The number of carbonyl (C=O) groups is 5. The van der Waals surface area contributed by atoms with Crippen LogP contribution in [-0.2, 0) is 23.9 Å². The molecular formula is C54H68Cl2N12O9S. The molecule has 2 aliphatic rings. The van der Waals surface area contributed by atoms with Crippen molar-refractivity contribution in [3.05, 3.63) is 93.8 Å². The van der Waals surface area contributed by atoms with E-state index in [9.17, 15) is 29.1 Å². The number of likely N-dealkylation sites (tertiary alicyclic amines) is 1. The van der Waals surface area contributed by atoms with Crippen molar-refractivity contribution in [3.63, 3.8) is 0 Å². The van der Waals surface area contributed by atoms with Crippen LogP contribution in [0.5, 0.6) is 11.5 Å². The van der Waals surface area contributed by atoms with Crippen LogP contribution in [0.3, 0.4) is 0 Å². The van der Waals surface area contributed by atoms with Crippen molar-refractivity contribution >= 4 is 92.9 Å². The molecule has 2 unspecified atom stereocenters. The molecular weight excluding hydrogens is 1060 g/mol. The van der Waals surface area contributed by atoms with E-state index in [1.54, 1.807) is 24.5 Å². The molecule has 7 rings (SSSR count). The lowest BCUT2D eigenvalue weighted by atomic mass is 9.85. The Morgan fingerprint density at radius 1 is 0.885 bits per heavy atom. The van der Waals surface area contributed by atoms with Crippen molar-refractivity contribution in [3.8, 4) is 21.9 Å². The SMILES string of the molecule is COc1cc(OC)c(Cl)c(NC(=O)N(C)c2cc(Nc3ccc(N4CCN(CC(=O)NCCOCCC(=O)NC(C(=O)N5C[C@H](O)C[C@H]5C(=O)NC(C)c5ccc(-c6scnc6C)cc5)C(C)(C)C)CC4)cc3)ncn2)c1Cl. The number of β-amino-alcohol motifs (C(OH)–C–C–N with tert-alkyl or cyclic N) is 1. The molecule has 21 nitrogen and oxygen atoms in total. The summed E-state index contributed by atoms with van der Waals surface area (Å²) in [5.74, 6) is -0.0609. The number of carbonyl (C=O) groups excluding carboxylic acids is 5. The standard InChI is InChI=1S/C54H68Cl2N12O9S/c1-32(34-9-11-35(12-10-34)49-33(2)60-31-78-49)61-51(72)39-25-38(69)28-68(39)52(73)50(54(3,4)5)63-44(70)17-23-77-24-18-57-45(71)29-66-19-21-67(22-20-66)37-15-13-36(14-16-37)62-42-27-43(59-30-58-42)65(6)53(74)64-48-46(55)40(75-7)26-41(76-8)47(48)56/h9-16,26-27,30-32,38-39,50,69H,17-25,28-29H2,1-8H3,(H,57,71)(H,61,72)(H,63,70)(H,64,74)(H,58,59,62)/t32?,38-,39+,50?/m1/s1. The first kappa shape index (κ1) is 58.9. The number of urea groups is 1. The van der Waals surface area contributed by atoms with Crippen LogP contribution >= 0.6 is 34.5 Å². The number of anilines is 5. The Morgan fingerprint density at radius 2 is 1.56 bits per heavy atom. The normalized spacial score (nSPS) is 16.4. The van der Waals surface area contributed by atoms with E-state index in [1.807, 2.05) is 88.7 Å². The van der Waals surface area contributed by atoms with Gasteiger partial charge >= 0.3 is 6.03 Å². The largest absolute Gasteiger partial charge is 0.495 e. The first-order chi connectivity index (χ1) is 37.2. The van der Waals surface area contributed by atoms with E-state index in [2.05, 4.69) is 51.3 Å². The quantitative estimate of drug-likeness (QED) is 0.0421. The molecule has 2 aliphatic heterocycles. The summed E-state index contributed by atoms with van der Waals surface area (Å²) in [6, 6.07) is 16.1. The van der Waals surface area contributed by atoms with Gasteiger partial charge in [0.15, 0.2) is 0 Å². The second-order valence-electron chi connectivity index (χ2n) is 20.1. The Hall–Kier alpha value is -6.82. The van der Waals surface area contributed by atoms with Crippen LogP contribution in [0, 0.1) is 12.3 Å². The van der Waals surface area contributed by atoms with Crippen LogP contribution in [0.2, 0.25) is 10.0 Å². The fourth-order valence-electron chi connectivity index (χ4n) is 8.99. The lowest BCUT2D eigenvalue weighted by molar-refractivity contribution is -0.144. The predicted octanol–water partition coefficient (Wildman–Crippen LogP) is 6.66. The van der Waals surface area contributed by atoms with Crippen molar-refractivity contribution in [1.29, 1.82) is 0 Å². The van der Waals surface area contributed by atoms with Crippen molar-refractivity contribution in [1.82, 2.24) is 40.7 Å². The summed E-state index contributed by atoms with van der Waals surface area (Å²) in [6.07, 6.45) is 0.502. The highest BCUT2D eigenvalue weighted by molar-refractivity contribution is 7.13. The van der Waals surface area contributed by atoms with E-state index in [-0.39, 0.29) is 90.8 Å². The number of thiazole rings is 1. The van der Waals surface area contributed by atoms with Gasteiger partial charge in [-0.3, -0.25) is 29.0 Å². The van der Waals surface area contributed by atoms with Crippen LogP contribution in [0.4, 0.5) is 33.5 Å². The number of halogens is 2. The highest BCUT2D eigenvalue weighted by Crippen LogP contribution is 2.44. The lowest BCUT2D eigenvalue weighted by Gasteiger charge is -2.35. The molecule has 2 aromatic heterocycles. The highest BCUT2D eigenvalue weighted by Gasteiger charge is 2.45. The van der Waals surface area contributed by atoms with E-state index < -0.39 is 41.4 Å². The number of nitrogens with one attached hydrogen (secondary N) is 5. The number of ether oxygens (including phenoxy) is 3. The van der Waals surface area contributed by atoms with Crippen LogP contribution in [0.25, 0.3) is 10.4 Å². The van der Waals surface area contributed by atoms with Crippen molar-refractivity contribution in [2.24, 2.45) is 5.41 Å². The van der Waals surface area contributed by atoms with Gasteiger partial charge in [0.2, 0.25) is 23.6 Å². The number of benzene rings is 3. The van der Waals surface area contributed by atoms with Gasteiger partial charge in [0.05, 0.1) is 67.9 Å². The maximum Gasteiger partial charge on any atom is 0.327 e. The molecule has 0 radical (unpaired) electrons. The summed E-state index contributed by atoms with van der Waals surface area (Å²) in [5.41, 5.74) is 5.89. The average molecular weight is 1130 g/mol. The van der Waals surface area contributed by atoms with Crippen LogP contribution in [-0.4, -0.2) is 158 Å². The maximum absolute atomic E-state index is 14.1. The number of aromatic nitrogens is 3. The second-order valence-corrected chi connectivity index (χ2v) is 21.7. The Kier molecular flexibility index (Phi) is 20.1. The molecule has 4 atom stereocenters. The van der Waals surface area contributed by atoms with Crippen molar-refractivity contribution in [2.45, 2.75) is 71.7 Å². The molecule has 24 heteroatoms. The molecule has 418 valence electrons. The molecule has 4 heterocycles. The average Bonchev–Trinajstić information content (AvgIpc) is 4.09. The molecule has 6 N–H and O–H groups in total. The van der Waals surface area contributed by atoms with Gasteiger partial charge in [-0.2, -0.15) is 0 Å². The zero-order valence-electron chi connectivity index (χ0n) is 45.0. The van der Waals surface area contributed by atoms with Gasteiger partial charge in [0.25, 0.3) is 0 Å². The number of rotatable bonds is 21. The molecule has 2 saturated heterocycles. The minimum atomic E-state index is -0.972. The third-order valence-electron chi connectivity index (χ3n) is 13.5. The molecule has 6 amide bonds. The van der Waals surface area contributed by atoms with Crippen LogP contribution < -0.4 is 45.9 Å². The number of aryl methyl sites for hydroxylation is 1. The van der Waals surface area contributed by atoms with E-state index in [0.717, 1.165) is 46.2 Å². The summed E-state index contributed by atoms with van der Waals surface area (Å²) in [5, 5.41) is 25.6. The number of aliphatic hydroxyl groups is 1. The predicted molar refractivity (Wildman–Crippen MR) is 302 cm³/mol. The molecule has 0 spiro atoms. The first-order valence-corrected chi connectivity index (χ1v) is 27.1. The Labute approximate surface area is 468 Å². The fraction of sp³-hybridized carbons (Fsp3) is 0.444. The molecule has 0 saturated carbocycles. The zero-order chi connectivity index (χ0) is 56.3. The van der Waals surface area contributed by atoms with E-state index in [0.29, 0.717) is 24.7 Å². The van der Waals surface area contributed by atoms with E-state index in [1.165, 1.54) is 36.4 Å². The maximum atomic E-state index is 14.1.